The van der Waals surface area contributed by atoms with Crippen molar-refractivity contribution in [2.24, 2.45) is 0 Å². The zero-order chi connectivity index (χ0) is 31.6. The minimum absolute atomic E-state index is 0.00223. The standard InChI is InChI=1S/C36H44N2O7/c39-23-25-10-12-28(13-11-25)33-20-32(22-38-18-4-7-31(38)24-40)44-36(45-33)29-16-14-27(15-17-29)30-6-3-5-26(19-30)21-37-34(41)8-1-2-9-35(42)43/h3,5-6,10-17,19,31-33,36,39-40H,1-2,4,7-9,18,20-24H2,(H,37,41)(H,42,43)/t31-,32-,33+,36+/m0/s1. The highest BCUT2D eigenvalue weighted by Gasteiger charge is 2.35. The van der Waals surface area contributed by atoms with Crippen LogP contribution in [0.1, 0.15) is 79.6 Å². The van der Waals surface area contributed by atoms with Crippen LogP contribution < -0.4 is 5.32 Å². The Balaban J connectivity index is 1.24. The van der Waals surface area contributed by atoms with Crippen molar-refractivity contribution in [2.45, 2.75) is 82.6 Å². The van der Waals surface area contributed by atoms with E-state index in [-0.39, 0.29) is 43.8 Å². The molecule has 0 unspecified atom stereocenters. The Hall–Kier alpha value is -3.60. The normalized spacial score (nSPS) is 21.9. The number of amides is 1. The second-order valence-electron chi connectivity index (χ2n) is 12.0. The van der Waals surface area contributed by atoms with Crippen LogP contribution in [0.3, 0.4) is 0 Å². The highest BCUT2D eigenvalue weighted by atomic mass is 16.7. The zero-order valence-corrected chi connectivity index (χ0v) is 25.6. The summed E-state index contributed by atoms with van der Waals surface area (Å²) in [5, 5.41) is 31.0. The highest BCUT2D eigenvalue weighted by Crippen LogP contribution is 2.39. The van der Waals surface area contributed by atoms with Crippen molar-refractivity contribution in [3.8, 4) is 11.1 Å². The molecule has 3 aromatic carbocycles. The van der Waals surface area contributed by atoms with Crippen LogP contribution in [-0.4, -0.2) is 63.9 Å². The van der Waals surface area contributed by atoms with Crippen LogP contribution in [0.5, 0.6) is 0 Å². The number of nitrogens with one attached hydrogen (secondary N) is 1. The van der Waals surface area contributed by atoms with E-state index in [0.29, 0.717) is 32.2 Å². The van der Waals surface area contributed by atoms with Gasteiger partial charge in [-0.05, 0) is 66.1 Å². The summed E-state index contributed by atoms with van der Waals surface area (Å²) in [5.41, 5.74) is 5.88. The number of nitrogens with zero attached hydrogens (tertiary/aromatic N) is 1. The van der Waals surface area contributed by atoms with Crippen LogP contribution in [0.25, 0.3) is 11.1 Å². The number of ether oxygens (including phenoxy) is 2. The molecule has 3 aromatic rings. The first-order valence-electron chi connectivity index (χ1n) is 15.9. The summed E-state index contributed by atoms with van der Waals surface area (Å²) < 4.78 is 13.1. The van der Waals surface area contributed by atoms with Gasteiger partial charge in [0.2, 0.25) is 5.91 Å². The summed E-state index contributed by atoms with van der Waals surface area (Å²) in [6.07, 6.45) is 3.44. The predicted molar refractivity (Wildman–Crippen MR) is 170 cm³/mol. The molecule has 45 heavy (non-hydrogen) atoms. The van der Waals surface area contributed by atoms with Crippen molar-refractivity contribution in [3.05, 3.63) is 95.1 Å². The molecule has 2 fully saturated rings. The number of likely N-dealkylation sites (tertiary alicyclic amines) is 1. The Labute approximate surface area is 264 Å². The van der Waals surface area contributed by atoms with Crippen molar-refractivity contribution in [3.63, 3.8) is 0 Å². The van der Waals surface area contributed by atoms with Crippen molar-refractivity contribution in [2.75, 3.05) is 19.7 Å². The van der Waals surface area contributed by atoms with Gasteiger partial charge in [0, 0.05) is 44.0 Å². The molecule has 5 rings (SSSR count). The quantitative estimate of drug-likeness (QED) is 0.184. The van der Waals surface area contributed by atoms with Crippen LogP contribution in [0.4, 0.5) is 0 Å². The number of benzene rings is 3. The molecule has 0 saturated carbocycles. The van der Waals surface area contributed by atoms with Gasteiger partial charge in [-0.3, -0.25) is 14.5 Å². The first-order chi connectivity index (χ1) is 21.9. The molecule has 2 aliphatic heterocycles. The maximum absolute atomic E-state index is 12.2. The molecule has 2 saturated heterocycles. The number of hydrogen-bond acceptors (Lipinski definition) is 7. The SMILES string of the molecule is O=C(O)CCCCC(=O)NCc1cccc(-c2ccc([C@@H]3O[C@H](CN4CCC[C@H]4CO)C[C@H](c4ccc(CO)cc4)O3)cc2)c1. The maximum Gasteiger partial charge on any atom is 0.303 e. The number of carboxylic acid groups (broad SMARTS) is 1. The number of carbonyl (C=O) groups excluding carboxylic acids is 1. The predicted octanol–water partition coefficient (Wildman–Crippen LogP) is 5.11. The summed E-state index contributed by atoms with van der Waals surface area (Å²) in [6, 6.07) is 24.3. The molecule has 0 spiro atoms. The first-order valence-corrected chi connectivity index (χ1v) is 15.9. The fourth-order valence-electron chi connectivity index (χ4n) is 6.18. The molecule has 4 N–H and O–H groups in total. The Morgan fingerprint density at radius 3 is 2.36 bits per heavy atom. The van der Waals surface area contributed by atoms with E-state index in [9.17, 15) is 19.8 Å². The number of carboxylic acids is 1. The van der Waals surface area contributed by atoms with Gasteiger partial charge >= 0.3 is 5.97 Å². The topological polar surface area (TPSA) is 129 Å². The lowest BCUT2D eigenvalue weighted by Crippen LogP contribution is -2.42. The summed E-state index contributed by atoms with van der Waals surface area (Å²) >= 11 is 0. The van der Waals surface area contributed by atoms with Gasteiger partial charge in [-0.25, -0.2) is 0 Å². The summed E-state index contributed by atoms with van der Waals surface area (Å²) in [6.45, 7) is 2.25. The van der Waals surface area contributed by atoms with Gasteiger partial charge in [-0.15, -0.1) is 0 Å². The number of hydrogen-bond donors (Lipinski definition) is 4. The minimum Gasteiger partial charge on any atom is -0.481 e. The molecule has 9 heteroatoms. The average Bonchev–Trinajstić information content (AvgIpc) is 3.52. The van der Waals surface area contributed by atoms with Gasteiger partial charge in [0.05, 0.1) is 25.4 Å². The fourth-order valence-corrected chi connectivity index (χ4v) is 6.18. The molecule has 4 atom stereocenters. The third-order valence-corrected chi connectivity index (χ3v) is 8.74. The zero-order valence-electron chi connectivity index (χ0n) is 25.6. The summed E-state index contributed by atoms with van der Waals surface area (Å²) in [7, 11) is 0. The average molecular weight is 617 g/mol. The largest absolute Gasteiger partial charge is 0.481 e. The van der Waals surface area contributed by atoms with Crippen LogP contribution in [0.2, 0.25) is 0 Å². The van der Waals surface area contributed by atoms with Gasteiger partial charge in [0.1, 0.15) is 0 Å². The lowest BCUT2D eigenvalue weighted by atomic mass is 9.98. The van der Waals surface area contributed by atoms with Crippen molar-refractivity contribution < 1.29 is 34.4 Å². The molecule has 0 radical (unpaired) electrons. The van der Waals surface area contributed by atoms with E-state index in [2.05, 4.69) is 28.4 Å². The highest BCUT2D eigenvalue weighted by molar-refractivity contribution is 5.76. The molecule has 0 aliphatic carbocycles. The second-order valence-corrected chi connectivity index (χ2v) is 12.0. The van der Waals surface area contributed by atoms with Gasteiger partial charge in [0.15, 0.2) is 6.29 Å². The van der Waals surface area contributed by atoms with E-state index in [1.54, 1.807) is 0 Å². The van der Waals surface area contributed by atoms with Crippen LogP contribution >= 0.6 is 0 Å². The van der Waals surface area contributed by atoms with Crippen LogP contribution in [0.15, 0.2) is 72.8 Å². The third-order valence-electron chi connectivity index (χ3n) is 8.74. The number of aliphatic hydroxyl groups is 2. The first kappa shape index (κ1) is 32.8. The Morgan fingerprint density at radius 2 is 1.62 bits per heavy atom. The van der Waals surface area contributed by atoms with Crippen molar-refractivity contribution in [1.82, 2.24) is 10.2 Å². The molecular weight excluding hydrogens is 572 g/mol. The Morgan fingerprint density at radius 1 is 0.867 bits per heavy atom. The molecule has 0 bridgehead atoms. The number of carbonyl (C=O) groups is 2. The number of aliphatic carboxylic acids is 1. The third kappa shape index (κ3) is 9.22. The Kier molecular flexibility index (Phi) is 11.7. The van der Waals surface area contributed by atoms with Crippen LogP contribution in [0, 0.1) is 0 Å². The lowest BCUT2D eigenvalue weighted by Gasteiger charge is -2.38. The van der Waals surface area contributed by atoms with E-state index < -0.39 is 12.3 Å². The molecule has 1 amide bonds. The van der Waals surface area contributed by atoms with Gasteiger partial charge in [0.25, 0.3) is 0 Å². The number of aliphatic hydroxyl groups excluding tert-OH is 2. The second kappa shape index (κ2) is 16.1. The van der Waals surface area contributed by atoms with E-state index in [0.717, 1.165) is 59.3 Å². The van der Waals surface area contributed by atoms with E-state index in [1.165, 1.54) is 0 Å². The number of rotatable bonds is 14. The molecule has 2 heterocycles. The maximum atomic E-state index is 12.2. The summed E-state index contributed by atoms with van der Waals surface area (Å²) in [5.74, 6) is -0.924. The van der Waals surface area contributed by atoms with Gasteiger partial charge < -0.3 is 30.1 Å². The smallest absolute Gasteiger partial charge is 0.303 e. The van der Waals surface area contributed by atoms with Crippen LogP contribution in [-0.2, 0) is 32.2 Å². The molecular formula is C36H44N2O7. The van der Waals surface area contributed by atoms with Gasteiger partial charge in [-0.2, -0.15) is 0 Å². The summed E-state index contributed by atoms with van der Waals surface area (Å²) in [4.78, 5) is 25.2. The minimum atomic E-state index is -0.841. The van der Waals surface area contributed by atoms with Gasteiger partial charge in [-0.1, -0.05) is 66.7 Å². The molecule has 240 valence electrons. The Bertz CT molecular complexity index is 1400. The van der Waals surface area contributed by atoms with E-state index >= 15 is 0 Å². The fraction of sp³-hybridized carbons (Fsp3) is 0.444. The van der Waals surface area contributed by atoms with Crippen molar-refractivity contribution >= 4 is 11.9 Å². The lowest BCUT2D eigenvalue weighted by molar-refractivity contribution is -0.253. The van der Waals surface area contributed by atoms with E-state index in [4.69, 9.17) is 14.6 Å². The molecule has 0 aromatic heterocycles. The molecule has 9 nitrogen and oxygen atoms in total. The monoisotopic (exact) mass is 616 g/mol. The van der Waals surface area contributed by atoms with Crippen molar-refractivity contribution in [1.29, 1.82) is 0 Å². The molecule has 2 aliphatic rings. The van der Waals surface area contributed by atoms with E-state index in [1.807, 2.05) is 54.6 Å². The number of unbranched alkanes of at least 4 members (excludes halogenated alkanes) is 1.